The number of hydrogen-bond acceptors (Lipinski definition) is 2. The molecule has 0 bridgehead atoms. The zero-order valence-corrected chi connectivity index (χ0v) is 12.5. The highest BCUT2D eigenvalue weighted by Crippen LogP contribution is 2.40. The van der Waals surface area contributed by atoms with E-state index in [1.54, 1.807) is 0 Å². The molecule has 1 aromatic rings. The van der Waals surface area contributed by atoms with Crippen LogP contribution in [0.15, 0.2) is 24.3 Å². The van der Waals surface area contributed by atoms with Crippen LogP contribution in [0.1, 0.15) is 74.5 Å². The lowest BCUT2D eigenvalue weighted by molar-refractivity contribution is 0.402. The second-order valence-electron chi connectivity index (χ2n) is 6.59. The first-order valence-corrected chi connectivity index (χ1v) is 8.43. The summed E-state index contributed by atoms with van der Waals surface area (Å²) in [5.41, 5.74) is 8.95. The Hall–Kier alpha value is -0.860. The SMILES string of the molecule is NCC(NC1CCCCCC1)c1cccc(C2CC2)c1. The number of nitrogens with two attached hydrogens (primary N) is 1. The average Bonchev–Trinajstić information content (AvgIpc) is 3.32. The monoisotopic (exact) mass is 272 g/mol. The minimum absolute atomic E-state index is 0.330. The fraction of sp³-hybridized carbons (Fsp3) is 0.667. The smallest absolute Gasteiger partial charge is 0.0446 e. The lowest BCUT2D eigenvalue weighted by Gasteiger charge is -2.24. The van der Waals surface area contributed by atoms with E-state index in [1.807, 2.05) is 0 Å². The van der Waals surface area contributed by atoms with Crippen LogP contribution in [-0.2, 0) is 0 Å². The maximum atomic E-state index is 6.04. The molecule has 0 amide bonds. The van der Waals surface area contributed by atoms with E-state index in [9.17, 15) is 0 Å². The van der Waals surface area contributed by atoms with Gasteiger partial charge in [-0.3, -0.25) is 0 Å². The Kier molecular flexibility index (Phi) is 4.74. The molecule has 2 nitrogen and oxygen atoms in total. The molecule has 2 aliphatic carbocycles. The van der Waals surface area contributed by atoms with Crippen molar-refractivity contribution in [2.75, 3.05) is 6.54 Å². The molecule has 2 heteroatoms. The Morgan fingerprint density at radius 1 is 1.05 bits per heavy atom. The van der Waals surface area contributed by atoms with Crippen molar-refractivity contribution in [2.24, 2.45) is 5.73 Å². The third kappa shape index (κ3) is 3.62. The molecular weight excluding hydrogens is 244 g/mol. The van der Waals surface area contributed by atoms with Crippen molar-refractivity contribution in [3.05, 3.63) is 35.4 Å². The van der Waals surface area contributed by atoms with Crippen LogP contribution in [0.3, 0.4) is 0 Å². The molecule has 1 aromatic carbocycles. The Labute approximate surface area is 123 Å². The van der Waals surface area contributed by atoms with Gasteiger partial charge in [0.05, 0.1) is 0 Å². The van der Waals surface area contributed by atoms with Crippen LogP contribution < -0.4 is 11.1 Å². The number of hydrogen-bond donors (Lipinski definition) is 2. The molecule has 0 saturated heterocycles. The van der Waals surface area contributed by atoms with E-state index < -0.39 is 0 Å². The van der Waals surface area contributed by atoms with Gasteiger partial charge < -0.3 is 11.1 Å². The molecule has 3 N–H and O–H groups in total. The molecule has 1 atom stereocenters. The normalized spacial score (nSPS) is 22.4. The van der Waals surface area contributed by atoms with Crippen LogP contribution in [0.2, 0.25) is 0 Å². The van der Waals surface area contributed by atoms with Crippen LogP contribution in [0.25, 0.3) is 0 Å². The zero-order valence-electron chi connectivity index (χ0n) is 12.5. The van der Waals surface area contributed by atoms with Gasteiger partial charge in [-0.2, -0.15) is 0 Å². The highest BCUT2D eigenvalue weighted by Gasteiger charge is 2.24. The summed E-state index contributed by atoms with van der Waals surface area (Å²) < 4.78 is 0. The molecule has 0 radical (unpaired) electrons. The maximum absolute atomic E-state index is 6.04. The molecule has 2 fully saturated rings. The third-order valence-electron chi connectivity index (χ3n) is 4.89. The maximum Gasteiger partial charge on any atom is 0.0446 e. The van der Waals surface area contributed by atoms with Crippen molar-refractivity contribution in [3.8, 4) is 0 Å². The second kappa shape index (κ2) is 6.73. The van der Waals surface area contributed by atoms with Gasteiger partial charge in [0.15, 0.2) is 0 Å². The number of nitrogens with one attached hydrogen (secondary N) is 1. The Morgan fingerprint density at radius 2 is 1.80 bits per heavy atom. The molecule has 0 heterocycles. The van der Waals surface area contributed by atoms with Crippen molar-refractivity contribution < 1.29 is 0 Å². The van der Waals surface area contributed by atoms with Gasteiger partial charge in [0, 0.05) is 18.6 Å². The topological polar surface area (TPSA) is 38.0 Å². The van der Waals surface area contributed by atoms with Gasteiger partial charge in [-0.15, -0.1) is 0 Å². The highest BCUT2D eigenvalue weighted by atomic mass is 15.0. The first-order valence-electron chi connectivity index (χ1n) is 8.43. The van der Waals surface area contributed by atoms with E-state index >= 15 is 0 Å². The van der Waals surface area contributed by atoms with E-state index in [0.29, 0.717) is 18.6 Å². The predicted octanol–water partition coefficient (Wildman–Crippen LogP) is 3.88. The third-order valence-corrected chi connectivity index (χ3v) is 4.89. The van der Waals surface area contributed by atoms with Crippen LogP contribution in [0, 0.1) is 0 Å². The van der Waals surface area contributed by atoms with E-state index in [0.717, 1.165) is 5.92 Å². The van der Waals surface area contributed by atoms with E-state index in [4.69, 9.17) is 5.73 Å². The van der Waals surface area contributed by atoms with Crippen LogP contribution in [0.4, 0.5) is 0 Å². The van der Waals surface area contributed by atoms with Gasteiger partial charge >= 0.3 is 0 Å². The lowest BCUT2D eigenvalue weighted by Crippen LogP contribution is -2.36. The first kappa shape index (κ1) is 14.1. The lowest BCUT2D eigenvalue weighted by atomic mass is 9.99. The van der Waals surface area contributed by atoms with Crippen molar-refractivity contribution >= 4 is 0 Å². The largest absolute Gasteiger partial charge is 0.329 e. The average molecular weight is 272 g/mol. The molecule has 3 rings (SSSR count). The quantitative estimate of drug-likeness (QED) is 0.798. The van der Waals surface area contributed by atoms with Crippen molar-refractivity contribution in [3.63, 3.8) is 0 Å². The number of benzene rings is 1. The molecule has 110 valence electrons. The Balaban J connectivity index is 1.66. The summed E-state index contributed by atoms with van der Waals surface area (Å²) in [6, 6.07) is 10.1. The number of rotatable bonds is 5. The molecule has 0 aliphatic heterocycles. The van der Waals surface area contributed by atoms with Crippen LogP contribution >= 0.6 is 0 Å². The van der Waals surface area contributed by atoms with E-state index in [2.05, 4.69) is 29.6 Å². The summed E-state index contributed by atoms with van der Waals surface area (Å²) in [5.74, 6) is 0.825. The van der Waals surface area contributed by atoms with Crippen molar-refractivity contribution in [2.45, 2.75) is 69.4 Å². The minimum Gasteiger partial charge on any atom is -0.329 e. The van der Waals surface area contributed by atoms with Gasteiger partial charge in [-0.25, -0.2) is 0 Å². The van der Waals surface area contributed by atoms with E-state index in [1.165, 1.54) is 62.5 Å². The summed E-state index contributed by atoms with van der Waals surface area (Å²) in [7, 11) is 0. The van der Waals surface area contributed by atoms with E-state index in [-0.39, 0.29) is 0 Å². The summed E-state index contributed by atoms with van der Waals surface area (Å²) in [4.78, 5) is 0. The summed E-state index contributed by atoms with van der Waals surface area (Å²) in [6.07, 6.45) is 10.9. The molecule has 1 unspecified atom stereocenters. The summed E-state index contributed by atoms with van der Waals surface area (Å²) >= 11 is 0. The Morgan fingerprint density at radius 3 is 2.45 bits per heavy atom. The molecule has 20 heavy (non-hydrogen) atoms. The molecule has 0 spiro atoms. The van der Waals surface area contributed by atoms with Gasteiger partial charge in [-0.1, -0.05) is 49.9 Å². The van der Waals surface area contributed by atoms with Gasteiger partial charge in [0.1, 0.15) is 0 Å². The first-order chi connectivity index (χ1) is 9.86. The summed E-state index contributed by atoms with van der Waals surface area (Å²) in [5, 5.41) is 3.82. The summed E-state index contributed by atoms with van der Waals surface area (Å²) in [6.45, 7) is 0.699. The Bertz CT molecular complexity index is 417. The second-order valence-corrected chi connectivity index (χ2v) is 6.59. The van der Waals surface area contributed by atoms with Crippen molar-refractivity contribution in [1.82, 2.24) is 5.32 Å². The minimum atomic E-state index is 0.330. The predicted molar refractivity (Wildman–Crippen MR) is 84.8 cm³/mol. The van der Waals surface area contributed by atoms with Crippen LogP contribution in [0.5, 0.6) is 0 Å². The molecule has 0 aromatic heterocycles. The van der Waals surface area contributed by atoms with Crippen LogP contribution in [-0.4, -0.2) is 12.6 Å². The standard InChI is InChI=1S/C18H28N2/c19-13-18(20-17-8-3-1-2-4-9-17)16-7-5-6-15(12-16)14-10-11-14/h5-7,12,14,17-18,20H,1-4,8-11,13,19H2. The molecule has 2 saturated carbocycles. The zero-order chi connectivity index (χ0) is 13.8. The van der Waals surface area contributed by atoms with Crippen molar-refractivity contribution in [1.29, 1.82) is 0 Å². The molecular formula is C18H28N2. The van der Waals surface area contributed by atoms with Gasteiger partial charge in [-0.05, 0) is 42.7 Å². The fourth-order valence-electron chi connectivity index (χ4n) is 3.48. The molecule has 2 aliphatic rings. The van der Waals surface area contributed by atoms with Gasteiger partial charge in [0.2, 0.25) is 0 Å². The highest BCUT2D eigenvalue weighted by molar-refractivity contribution is 5.31. The fourth-order valence-corrected chi connectivity index (χ4v) is 3.48. The van der Waals surface area contributed by atoms with Gasteiger partial charge in [0.25, 0.3) is 0 Å².